The number of hydrogen-bond acceptors (Lipinski definition) is 4. The van der Waals surface area contributed by atoms with E-state index in [1.165, 1.54) is 10.9 Å². The molecule has 0 unspecified atom stereocenters. The Bertz CT molecular complexity index is 1180. The van der Waals surface area contributed by atoms with Crippen molar-refractivity contribution < 1.29 is 9.90 Å². The van der Waals surface area contributed by atoms with Crippen molar-refractivity contribution in [2.75, 3.05) is 0 Å². The highest BCUT2D eigenvalue weighted by atomic mass is 16.4. The summed E-state index contributed by atoms with van der Waals surface area (Å²) in [6, 6.07) is 16.9. The van der Waals surface area contributed by atoms with Gasteiger partial charge in [-0.05, 0) is 18.2 Å². The van der Waals surface area contributed by atoms with Crippen molar-refractivity contribution in [3.8, 4) is 22.4 Å². The van der Waals surface area contributed by atoms with Gasteiger partial charge in [-0.3, -0.25) is 9.59 Å². The lowest BCUT2D eigenvalue weighted by molar-refractivity contribution is -0.137. The molecule has 3 heterocycles. The van der Waals surface area contributed by atoms with Crippen LogP contribution in [0.15, 0.2) is 71.8 Å². The molecule has 0 atom stereocenters. The molecular weight excluding hydrogens is 344 g/mol. The molecule has 0 radical (unpaired) electrons. The van der Waals surface area contributed by atoms with Crippen LogP contribution in [0.2, 0.25) is 0 Å². The number of aliphatic carboxylic acids is 1. The molecule has 0 saturated carbocycles. The fourth-order valence-electron chi connectivity index (χ4n) is 3.06. The molecule has 0 aliphatic heterocycles. The van der Waals surface area contributed by atoms with Gasteiger partial charge >= 0.3 is 5.97 Å². The van der Waals surface area contributed by atoms with Crippen LogP contribution in [0.4, 0.5) is 0 Å². The number of fused-ring (bicyclic) bond motifs is 1. The number of aromatic nitrogens is 4. The predicted octanol–water partition coefficient (Wildman–Crippen LogP) is 2.70. The first-order valence-electron chi connectivity index (χ1n) is 8.46. The number of pyridine rings is 1. The molecule has 7 heteroatoms. The predicted molar refractivity (Wildman–Crippen MR) is 100 cm³/mol. The molecule has 0 saturated heterocycles. The monoisotopic (exact) mass is 360 g/mol. The van der Waals surface area contributed by atoms with Gasteiger partial charge in [-0.25, -0.2) is 9.20 Å². The maximum atomic E-state index is 13.0. The smallest absolute Gasteiger partial charge is 0.305 e. The van der Waals surface area contributed by atoms with Crippen LogP contribution in [0.5, 0.6) is 0 Å². The van der Waals surface area contributed by atoms with Crippen LogP contribution >= 0.6 is 0 Å². The summed E-state index contributed by atoms with van der Waals surface area (Å²) in [6.45, 7) is 0.0158. The first kappa shape index (κ1) is 16.7. The lowest BCUT2D eigenvalue weighted by Crippen LogP contribution is -2.25. The minimum absolute atomic E-state index is 0.0158. The number of aryl methyl sites for hydroxylation is 1. The van der Waals surface area contributed by atoms with Crippen LogP contribution in [-0.2, 0) is 11.3 Å². The first-order valence-corrected chi connectivity index (χ1v) is 8.46. The van der Waals surface area contributed by atoms with Gasteiger partial charge in [0.05, 0.1) is 24.0 Å². The largest absolute Gasteiger partial charge is 0.481 e. The van der Waals surface area contributed by atoms with E-state index in [0.717, 1.165) is 11.1 Å². The second-order valence-corrected chi connectivity index (χ2v) is 6.04. The number of carboxylic acid groups (broad SMARTS) is 1. The Morgan fingerprint density at radius 3 is 2.59 bits per heavy atom. The van der Waals surface area contributed by atoms with Crippen molar-refractivity contribution in [3.05, 3.63) is 77.3 Å². The van der Waals surface area contributed by atoms with Gasteiger partial charge in [0.25, 0.3) is 5.56 Å². The number of rotatable bonds is 5. The maximum Gasteiger partial charge on any atom is 0.305 e. The maximum absolute atomic E-state index is 13.0. The Morgan fingerprint density at radius 2 is 1.81 bits per heavy atom. The van der Waals surface area contributed by atoms with Crippen molar-refractivity contribution in [1.29, 1.82) is 0 Å². The van der Waals surface area contributed by atoms with E-state index in [0.29, 0.717) is 16.8 Å². The Labute approximate surface area is 154 Å². The second-order valence-electron chi connectivity index (χ2n) is 6.04. The van der Waals surface area contributed by atoms with Crippen LogP contribution in [0.1, 0.15) is 6.42 Å². The Hall–Kier alpha value is -3.74. The van der Waals surface area contributed by atoms with Crippen LogP contribution < -0.4 is 5.56 Å². The third kappa shape index (κ3) is 3.10. The number of carboxylic acids is 1. The van der Waals surface area contributed by atoms with Crippen LogP contribution in [-0.4, -0.2) is 30.5 Å². The van der Waals surface area contributed by atoms with E-state index in [4.69, 9.17) is 5.11 Å². The van der Waals surface area contributed by atoms with Gasteiger partial charge in [0.2, 0.25) is 0 Å². The Morgan fingerprint density at radius 1 is 1.04 bits per heavy atom. The highest BCUT2D eigenvalue weighted by molar-refractivity contribution is 5.91. The van der Waals surface area contributed by atoms with E-state index in [1.807, 2.05) is 54.7 Å². The van der Waals surface area contributed by atoms with Crippen molar-refractivity contribution in [3.63, 3.8) is 0 Å². The van der Waals surface area contributed by atoms with Gasteiger partial charge < -0.3 is 5.11 Å². The third-order valence-electron chi connectivity index (χ3n) is 4.31. The third-order valence-corrected chi connectivity index (χ3v) is 4.31. The number of hydrogen-bond donors (Lipinski definition) is 1. The number of carbonyl (C=O) groups is 1. The summed E-state index contributed by atoms with van der Waals surface area (Å²) in [5.74, 6) is -0.977. The average molecular weight is 360 g/mol. The molecule has 4 rings (SSSR count). The molecule has 4 aromatic rings. The summed E-state index contributed by atoms with van der Waals surface area (Å²) < 4.78 is 2.92. The molecule has 3 aromatic heterocycles. The Balaban J connectivity index is 1.95. The van der Waals surface area contributed by atoms with E-state index < -0.39 is 5.97 Å². The lowest BCUT2D eigenvalue weighted by Gasteiger charge is -2.07. The molecule has 134 valence electrons. The van der Waals surface area contributed by atoms with Gasteiger partial charge in [-0.1, -0.05) is 36.4 Å². The molecule has 1 aromatic carbocycles. The summed E-state index contributed by atoms with van der Waals surface area (Å²) in [7, 11) is 0. The summed E-state index contributed by atoms with van der Waals surface area (Å²) in [5, 5.41) is 17.6. The number of benzene rings is 1. The van der Waals surface area contributed by atoms with Gasteiger partial charge in [0.1, 0.15) is 5.69 Å². The van der Waals surface area contributed by atoms with Crippen LogP contribution in [0.25, 0.3) is 27.9 Å². The zero-order valence-corrected chi connectivity index (χ0v) is 14.3. The van der Waals surface area contributed by atoms with E-state index in [1.54, 1.807) is 10.6 Å². The minimum Gasteiger partial charge on any atom is -0.481 e. The van der Waals surface area contributed by atoms with Gasteiger partial charge in [-0.15, -0.1) is 0 Å². The van der Waals surface area contributed by atoms with Gasteiger partial charge in [0.15, 0.2) is 0 Å². The van der Waals surface area contributed by atoms with Crippen molar-refractivity contribution in [2.24, 2.45) is 0 Å². The van der Waals surface area contributed by atoms with E-state index >= 15 is 0 Å². The zero-order chi connectivity index (χ0) is 18.8. The fourth-order valence-corrected chi connectivity index (χ4v) is 3.06. The van der Waals surface area contributed by atoms with Gasteiger partial charge in [0, 0.05) is 23.5 Å². The van der Waals surface area contributed by atoms with Crippen LogP contribution in [0, 0.1) is 0 Å². The quantitative estimate of drug-likeness (QED) is 0.591. The van der Waals surface area contributed by atoms with Gasteiger partial charge in [-0.2, -0.15) is 10.2 Å². The first-order chi connectivity index (χ1) is 13.1. The number of nitrogens with zero attached hydrogens (tertiary/aromatic N) is 4. The SMILES string of the molecule is O=C(O)CCn1nccc(-c2c(-c3ccccc3)nn3ccccc23)c1=O. The molecule has 0 fully saturated rings. The molecule has 1 N–H and O–H groups in total. The summed E-state index contributed by atoms with van der Waals surface area (Å²) in [4.78, 5) is 23.8. The molecule has 0 aliphatic rings. The minimum atomic E-state index is -0.977. The standard InChI is InChI=1S/C20H16N4O3/c25-17(26)10-13-24-20(27)15(9-11-21-24)18-16-8-4-5-12-23(16)22-19(18)14-6-2-1-3-7-14/h1-9,11-12H,10,13H2,(H,25,26). The zero-order valence-electron chi connectivity index (χ0n) is 14.3. The normalized spacial score (nSPS) is 11.0. The summed E-state index contributed by atoms with van der Waals surface area (Å²) in [6.07, 6.45) is 3.17. The molecule has 27 heavy (non-hydrogen) atoms. The topological polar surface area (TPSA) is 89.5 Å². The molecule has 0 spiro atoms. The molecule has 0 amide bonds. The van der Waals surface area contributed by atoms with E-state index in [2.05, 4.69) is 10.2 Å². The second kappa shape index (κ2) is 6.87. The Kier molecular flexibility index (Phi) is 4.25. The fraction of sp³-hybridized carbons (Fsp3) is 0.100. The highest BCUT2D eigenvalue weighted by Crippen LogP contribution is 2.33. The highest BCUT2D eigenvalue weighted by Gasteiger charge is 2.19. The van der Waals surface area contributed by atoms with Crippen molar-refractivity contribution in [1.82, 2.24) is 19.4 Å². The summed E-state index contributed by atoms with van der Waals surface area (Å²) in [5.41, 5.74) is 3.19. The average Bonchev–Trinajstić information content (AvgIpc) is 3.07. The van der Waals surface area contributed by atoms with Crippen molar-refractivity contribution >= 4 is 11.5 Å². The van der Waals surface area contributed by atoms with Crippen LogP contribution in [0.3, 0.4) is 0 Å². The molecule has 7 nitrogen and oxygen atoms in total. The molecular formula is C20H16N4O3. The van der Waals surface area contributed by atoms with E-state index in [9.17, 15) is 9.59 Å². The molecule has 0 aliphatic carbocycles. The molecule has 0 bridgehead atoms. The van der Waals surface area contributed by atoms with E-state index in [-0.39, 0.29) is 18.5 Å². The summed E-state index contributed by atoms with van der Waals surface area (Å²) >= 11 is 0. The lowest BCUT2D eigenvalue weighted by atomic mass is 10.0. The van der Waals surface area contributed by atoms with Crippen molar-refractivity contribution in [2.45, 2.75) is 13.0 Å².